The van der Waals surface area contributed by atoms with Gasteiger partial charge in [0.25, 0.3) is 0 Å². The minimum atomic E-state index is -0.200. The van der Waals surface area contributed by atoms with Gasteiger partial charge < -0.3 is 10.4 Å². The molecule has 1 amide bonds. The molecule has 4 rings (SSSR count). The number of aromatic hydroxyl groups is 1. The highest BCUT2D eigenvalue weighted by atomic mass is 32.2. The SMILES string of the molecule is Cc1cccc(-n2c(SCC(=O)Nc3cccc(O)c3)nnc2-c2cccnc2)c1C. The molecule has 2 aromatic heterocycles. The predicted octanol–water partition coefficient (Wildman–Crippen LogP) is 4.38. The quantitative estimate of drug-likeness (QED) is 0.440. The molecule has 0 radical (unpaired) electrons. The molecule has 0 spiro atoms. The highest BCUT2D eigenvalue weighted by molar-refractivity contribution is 7.99. The number of aryl methyl sites for hydroxylation is 1. The average molecular weight is 432 g/mol. The molecule has 0 aliphatic heterocycles. The summed E-state index contributed by atoms with van der Waals surface area (Å²) in [5, 5.41) is 21.7. The second kappa shape index (κ2) is 9.01. The molecule has 4 aromatic rings. The summed E-state index contributed by atoms with van der Waals surface area (Å²) in [6.45, 7) is 4.11. The summed E-state index contributed by atoms with van der Waals surface area (Å²) in [6.07, 6.45) is 3.46. The maximum atomic E-state index is 12.5. The molecule has 0 aliphatic rings. The topological polar surface area (TPSA) is 92.9 Å². The van der Waals surface area contributed by atoms with Crippen molar-refractivity contribution in [1.29, 1.82) is 0 Å². The van der Waals surface area contributed by atoms with Crippen LogP contribution in [0.4, 0.5) is 5.69 Å². The van der Waals surface area contributed by atoms with Gasteiger partial charge in [-0.25, -0.2) is 0 Å². The molecular formula is C23H21N5O2S. The van der Waals surface area contributed by atoms with Crippen molar-refractivity contribution in [3.8, 4) is 22.8 Å². The second-order valence-corrected chi connectivity index (χ2v) is 7.93. The van der Waals surface area contributed by atoms with Crippen LogP contribution in [-0.4, -0.2) is 36.5 Å². The van der Waals surface area contributed by atoms with Gasteiger partial charge in [-0.05, 0) is 55.3 Å². The Morgan fingerprint density at radius 1 is 1.10 bits per heavy atom. The number of thioether (sulfide) groups is 1. The molecule has 8 heteroatoms. The summed E-state index contributed by atoms with van der Waals surface area (Å²) in [7, 11) is 0. The van der Waals surface area contributed by atoms with Crippen LogP contribution in [0.2, 0.25) is 0 Å². The van der Waals surface area contributed by atoms with Gasteiger partial charge in [-0.15, -0.1) is 10.2 Å². The van der Waals surface area contributed by atoms with Crippen molar-refractivity contribution in [2.24, 2.45) is 0 Å². The first-order chi connectivity index (χ1) is 15.0. The molecular weight excluding hydrogens is 410 g/mol. The van der Waals surface area contributed by atoms with Crippen molar-refractivity contribution in [2.45, 2.75) is 19.0 Å². The largest absolute Gasteiger partial charge is 0.508 e. The monoisotopic (exact) mass is 431 g/mol. The Balaban J connectivity index is 1.64. The Hall–Kier alpha value is -3.65. The number of carbonyl (C=O) groups excluding carboxylic acids is 1. The summed E-state index contributed by atoms with van der Waals surface area (Å²) in [5.74, 6) is 0.707. The highest BCUT2D eigenvalue weighted by Gasteiger charge is 2.19. The number of nitrogens with zero attached hydrogens (tertiary/aromatic N) is 4. The van der Waals surface area contributed by atoms with Gasteiger partial charge in [0.1, 0.15) is 5.75 Å². The molecule has 0 bridgehead atoms. The van der Waals surface area contributed by atoms with E-state index in [1.54, 1.807) is 30.6 Å². The molecule has 2 aromatic carbocycles. The molecule has 0 saturated heterocycles. The van der Waals surface area contributed by atoms with Crippen LogP contribution in [0.1, 0.15) is 11.1 Å². The molecule has 31 heavy (non-hydrogen) atoms. The van der Waals surface area contributed by atoms with Crippen molar-refractivity contribution in [2.75, 3.05) is 11.1 Å². The summed E-state index contributed by atoms with van der Waals surface area (Å²) < 4.78 is 1.96. The maximum absolute atomic E-state index is 12.5. The van der Waals surface area contributed by atoms with Gasteiger partial charge in [0, 0.05) is 29.7 Å². The fourth-order valence-electron chi connectivity index (χ4n) is 3.15. The Morgan fingerprint density at radius 2 is 1.94 bits per heavy atom. The number of rotatable bonds is 6. The summed E-state index contributed by atoms with van der Waals surface area (Å²) in [5.41, 5.74) is 4.60. The standard InChI is InChI=1S/C23H21N5O2S/c1-15-6-3-10-20(16(15)2)28-22(17-7-5-11-24-13-17)26-27-23(28)31-14-21(30)25-18-8-4-9-19(29)12-18/h3-13,29H,14H2,1-2H3,(H,25,30). The fraction of sp³-hybridized carbons (Fsp3) is 0.130. The number of phenolic OH excluding ortho intramolecular Hbond substituents is 1. The smallest absolute Gasteiger partial charge is 0.234 e. The summed E-state index contributed by atoms with van der Waals surface area (Å²) in [4.78, 5) is 16.7. The molecule has 156 valence electrons. The normalized spacial score (nSPS) is 10.8. The van der Waals surface area contributed by atoms with Gasteiger partial charge in [-0.2, -0.15) is 0 Å². The first-order valence-electron chi connectivity index (χ1n) is 9.67. The minimum absolute atomic E-state index is 0.0984. The molecule has 7 nitrogen and oxygen atoms in total. The van der Waals surface area contributed by atoms with Gasteiger partial charge in [-0.1, -0.05) is 30.0 Å². The molecule has 0 atom stereocenters. The van der Waals surface area contributed by atoms with Crippen LogP contribution in [0.3, 0.4) is 0 Å². The van der Waals surface area contributed by atoms with E-state index in [1.807, 2.05) is 28.8 Å². The fourth-order valence-corrected chi connectivity index (χ4v) is 3.90. The van der Waals surface area contributed by atoms with Gasteiger partial charge in [-0.3, -0.25) is 14.3 Å². The number of carbonyl (C=O) groups is 1. The lowest BCUT2D eigenvalue weighted by molar-refractivity contribution is -0.113. The highest BCUT2D eigenvalue weighted by Crippen LogP contribution is 2.30. The molecule has 0 aliphatic carbocycles. The van der Waals surface area contributed by atoms with Crippen molar-refractivity contribution < 1.29 is 9.90 Å². The second-order valence-electron chi connectivity index (χ2n) is 6.99. The Morgan fingerprint density at radius 3 is 2.71 bits per heavy atom. The summed E-state index contributed by atoms with van der Waals surface area (Å²) >= 11 is 1.30. The number of aromatic nitrogens is 4. The number of hydrogen-bond donors (Lipinski definition) is 2. The maximum Gasteiger partial charge on any atom is 0.234 e. The van der Waals surface area contributed by atoms with Crippen LogP contribution >= 0.6 is 11.8 Å². The number of amides is 1. The third-order valence-corrected chi connectivity index (χ3v) is 5.76. The van der Waals surface area contributed by atoms with Crippen LogP contribution in [0, 0.1) is 13.8 Å². The number of hydrogen-bond acceptors (Lipinski definition) is 6. The van der Waals surface area contributed by atoms with Gasteiger partial charge in [0.2, 0.25) is 5.91 Å². The van der Waals surface area contributed by atoms with E-state index in [1.165, 1.54) is 17.8 Å². The Bertz CT molecular complexity index is 1220. The molecule has 0 saturated carbocycles. The van der Waals surface area contributed by atoms with E-state index in [9.17, 15) is 9.90 Å². The molecule has 0 unspecified atom stereocenters. The van der Waals surface area contributed by atoms with E-state index >= 15 is 0 Å². The van der Waals surface area contributed by atoms with Crippen LogP contribution in [0.25, 0.3) is 17.1 Å². The molecule has 2 heterocycles. The first kappa shape index (κ1) is 20.6. The number of anilines is 1. The van der Waals surface area contributed by atoms with Crippen molar-refractivity contribution in [1.82, 2.24) is 19.7 Å². The zero-order chi connectivity index (χ0) is 21.8. The van der Waals surface area contributed by atoms with Crippen LogP contribution in [-0.2, 0) is 4.79 Å². The third kappa shape index (κ3) is 4.59. The number of benzene rings is 2. The van der Waals surface area contributed by atoms with E-state index in [0.717, 1.165) is 22.4 Å². The van der Waals surface area contributed by atoms with Crippen LogP contribution in [0.15, 0.2) is 72.1 Å². The van der Waals surface area contributed by atoms with Gasteiger partial charge >= 0.3 is 0 Å². The Labute approximate surface area is 184 Å². The zero-order valence-corrected chi connectivity index (χ0v) is 17.9. The van der Waals surface area contributed by atoms with E-state index in [0.29, 0.717) is 16.7 Å². The first-order valence-corrected chi connectivity index (χ1v) is 10.7. The predicted molar refractivity (Wildman–Crippen MR) is 122 cm³/mol. The van der Waals surface area contributed by atoms with E-state index < -0.39 is 0 Å². The van der Waals surface area contributed by atoms with Gasteiger partial charge in [0.05, 0.1) is 11.4 Å². The Kier molecular flexibility index (Phi) is 5.99. The van der Waals surface area contributed by atoms with Crippen molar-refractivity contribution in [3.63, 3.8) is 0 Å². The van der Waals surface area contributed by atoms with E-state index in [-0.39, 0.29) is 17.4 Å². The molecule has 0 fully saturated rings. The third-order valence-electron chi connectivity index (χ3n) is 4.83. The van der Waals surface area contributed by atoms with Gasteiger partial charge in [0.15, 0.2) is 11.0 Å². The lowest BCUT2D eigenvalue weighted by atomic mass is 10.1. The number of nitrogens with one attached hydrogen (secondary N) is 1. The average Bonchev–Trinajstić information content (AvgIpc) is 3.18. The van der Waals surface area contributed by atoms with E-state index in [4.69, 9.17) is 0 Å². The van der Waals surface area contributed by atoms with Crippen molar-refractivity contribution in [3.05, 3.63) is 78.1 Å². The minimum Gasteiger partial charge on any atom is -0.508 e. The zero-order valence-electron chi connectivity index (χ0n) is 17.1. The summed E-state index contributed by atoms with van der Waals surface area (Å²) in [6, 6.07) is 16.3. The molecule has 2 N–H and O–H groups in total. The lowest BCUT2D eigenvalue weighted by Crippen LogP contribution is -2.14. The van der Waals surface area contributed by atoms with E-state index in [2.05, 4.69) is 40.4 Å². The van der Waals surface area contributed by atoms with Crippen LogP contribution in [0.5, 0.6) is 5.75 Å². The van der Waals surface area contributed by atoms with Crippen LogP contribution < -0.4 is 5.32 Å². The number of phenols is 1. The number of pyridine rings is 1. The lowest BCUT2D eigenvalue weighted by Gasteiger charge is -2.14. The van der Waals surface area contributed by atoms with Crippen molar-refractivity contribution >= 4 is 23.4 Å².